The number of aliphatic hydroxyl groups excluding tert-OH is 1. The van der Waals surface area contributed by atoms with Gasteiger partial charge in [-0.25, -0.2) is 9.97 Å². The van der Waals surface area contributed by atoms with Crippen LogP contribution < -0.4 is 15.0 Å². The van der Waals surface area contributed by atoms with Crippen LogP contribution in [-0.2, 0) is 6.42 Å². The molecule has 1 aromatic carbocycles. The molecular weight excluding hydrogens is 342 g/mol. The van der Waals surface area contributed by atoms with Crippen molar-refractivity contribution in [3.63, 3.8) is 0 Å². The molecule has 0 spiro atoms. The van der Waals surface area contributed by atoms with Crippen molar-refractivity contribution in [1.82, 2.24) is 14.9 Å². The van der Waals surface area contributed by atoms with E-state index in [1.165, 1.54) is 11.1 Å². The number of nitrogens with one attached hydrogen (secondary N) is 1. The summed E-state index contributed by atoms with van der Waals surface area (Å²) < 4.78 is 5.72. The average Bonchev–Trinajstić information content (AvgIpc) is 3.15. The first-order valence-electron chi connectivity index (χ1n) is 9.61. The molecule has 0 saturated carbocycles. The highest BCUT2D eigenvalue weighted by Gasteiger charge is 2.24. The van der Waals surface area contributed by atoms with Crippen molar-refractivity contribution in [3.05, 3.63) is 41.7 Å². The van der Waals surface area contributed by atoms with E-state index in [2.05, 4.69) is 50.2 Å². The third-order valence-corrected chi connectivity index (χ3v) is 5.36. The van der Waals surface area contributed by atoms with E-state index in [9.17, 15) is 5.11 Å². The fourth-order valence-electron chi connectivity index (χ4n) is 3.76. The molecular formula is C20H27N5O2. The summed E-state index contributed by atoms with van der Waals surface area (Å²) >= 11 is 0. The summed E-state index contributed by atoms with van der Waals surface area (Å²) in [7, 11) is 0. The molecule has 2 aliphatic heterocycles. The van der Waals surface area contributed by atoms with Crippen LogP contribution in [0, 0.1) is 0 Å². The monoisotopic (exact) mass is 369 g/mol. The first-order chi connectivity index (χ1) is 13.1. The fraction of sp³-hybridized carbons (Fsp3) is 0.500. The Balaban J connectivity index is 1.35. The minimum absolute atomic E-state index is 0.361. The number of nitrogens with zero attached hydrogens (tertiary/aromatic N) is 4. The van der Waals surface area contributed by atoms with Gasteiger partial charge < -0.3 is 20.1 Å². The highest BCUT2D eigenvalue weighted by molar-refractivity contribution is 5.43. The largest absolute Gasteiger partial charge is 0.493 e. The summed E-state index contributed by atoms with van der Waals surface area (Å²) in [4.78, 5) is 13.6. The van der Waals surface area contributed by atoms with Crippen molar-refractivity contribution in [2.75, 3.05) is 43.0 Å². The molecule has 2 N–H and O–H groups in total. The molecule has 2 atom stereocenters. The second-order valence-corrected chi connectivity index (χ2v) is 7.26. The molecule has 7 heteroatoms. The van der Waals surface area contributed by atoms with Crippen molar-refractivity contribution in [2.45, 2.75) is 32.5 Å². The van der Waals surface area contributed by atoms with Gasteiger partial charge >= 0.3 is 0 Å². The van der Waals surface area contributed by atoms with Crippen molar-refractivity contribution in [3.8, 4) is 5.75 Å². The predicted octanol–water partition coefficient (Wildman–Crippen LogP) is 2.04. The number of hydrogen-bond donors (Lipinski definition) is 2. The first-order valence-corrected chi connectivity index (χ1v) is 9.61. The highest BCUT2D eigenvalue weighted by atomic mass is 16.5. The Morgan fingerprint density at radius 1 is 1.11 bits per heavy atom. The third-order valence-electron chi connectivity index (χ3n) is 5.36. The molecule has 3 heterocycles. The standard InChI is InChI=1S/C20H27N5O2/c1-14(17-4-3-16-5-10-27-19(16)11-17)24-6-8-25(9-7-24)20-21-12-18(13-22-20)23-15(2)26/h3-4,11-15,23,26H,5-10H2,1-2H3. The van der Waals surface area contributed by atoms with E-state index in [0.717, 1.165) is 56.6 Å². The third kappa shape index (κ3) is 3.99. The summed E-state index contributed by atoms with van der Waals surface area (Å²) in [5.74, 6) is 1.79. The van der Waals surface area contributed by atoms with Gasteiger partial charge in [0.05, 0.1) is 24.7 Å². The van der Waals surface area contributed by atoms with E-state index in [0.29, 0.717) is 6.04 Å². The Morgan fingerprint density at radius 3 is 2.56 bits per heavy atom. The van der Waals surface area contributed by atoms with Crippen molar-refractivity contribution >= 4 is 11.6 Å². The molecule has 2 aliphatic rings. The van der Waals surface area contributed by atoms with Gasteiger partial charge in [-0.3, -0.25) is 4.90 Å². The molecule has 1 aromatic heterocycles. The van der Waals surface area contributed by atoms with E-state index < -0.39 is 6.23 Å². The minimum Gasteiger partial charge on any atom is -0.493 e. The molecule has 0 radical (unpaired) electrons. The number of benzene rings is 1. The molecule has 4 rings (SSSR count). The quantitative estimate of drug-likeness (QED) is 0.782. The highest BCUT2D eigenvalue weighted by Crippen LogP contribution is 2.31. The molecule has 1 fully saturated rings. The molecule has 1 saturated heterocycles. The maximum atomic E-state index is 9.36. The summed E-state index contributed by atoms with van der Waals surface area (Å²) in [6, 6.07) is 7.01. The predicted molar refractivity (Wildman–Crippen MR) is 105 cm³/mol. The smallest absolute Gasteiger partial charge is 0.225 e. The van der Waals surface area contributed by atoms with Crippen LogP contribution in [0.4, 0.5) is 11.6 Å². The number of piperazine rings is 1. The summed E-state index contributed by atoms with van der Waals surface area (Å²) in [6.45, 7) is 8.47. The van der Waals surface area contributed by atoms with Crippen molar-refractivity contribution < 1.29 is 9.84 Å². The molecule has 0 aliphatic carbocycles. The van der Waals surface area contributed by atoms with Gasteiger partial charge in [-0.05, 0) is 31.0 Å². The van der Waals surface area contributed by atoms with Crippen LogP contribution in [0.2, 0.25) is 0 Å². The SMILES string of the molecule is CC(O)Nc1cnc(N2CCN(C(C)c3ccc4c(c3)OCC4)CC2)nc1. The van der Waals surface area contributed by atoms with Gasteiger partial charge in [0.15, 0.2) is 0 Å². The number of aromatic nitrogens is 2. The fourth-order valence-corrected chi connectivity index (χ4v) is 3.76. The Kier molecular flexibility index (Phi) is 5.13. The lowest BCUT2D eigenvalue weighted by atomic mass is 10.0. The number of aliphatic hydroxyl groups is 1. The number of ether oxygens (including phenoxy) is 1. The van der Waals surface area contributed by atoms with Crippen LogP contribution in [0.1, 0.15) is 31.0 Å². The normalized spacial score (nSPS) is 19.3. The Labute approximate surface area is 160 Å². The molecule has 2 unspecified atom stereocenters. The Bertz CT molecular complexity index is 772. The van der Waals surface area contributed by atoms with Crippen LogP contribution in [0.3, 0.4) is 0 Å². The van der Waals surface area contributed by atoms with Crippen LogP contribution in [0.15, 0.2) is 30.6 Å². The summed E-state index contributed by atoms with van der Waals surface area (Å²) in [5, 5.41) is 12.2. The van der Waals surface area contributed by atoms with Crippen molar-refractivity contribution in [1.29, 1.82) is 0 Å². The topological polar surface area (TPSA) is 73.8 Å². The number of hydrogen-bond acceptors (Lipinski definition) is 7. The maximum Gasteiger partial charge on any atom is 0.225 e. The minimum atomic E-state index is -0.617. The summed E-state index contributed by atoms with van der Waals surface area (Å²) in [6.07, 6.45) is 3.84. The molecule has 0 bridgehead atoms. The zero-order valence-electron chi connectivity index (χ0n) is 15.9. The first kappa shape index (κ1) is 18.0. The van der Waals surface area contributed by atoms with Crippen LogP contribution in [0.25, 0.3) is 0 Å². The van der Waals surface area contributed by atoms with Crippen LogP contribution in [-0.4, -0.2) is 59.0 Å². The van der Waals surface area contributed by atoms with Crippen molar-refractivity contribution in [2.24, 2.45) is 0 Å². The Hall–Kier alpha value is -2.38. The van der Waals surface area contributed by atoms with Gasteiger partial charge in [-0.1, -0.05) is 12.1 Å². The van der Waals surface area contributed by atoms with E-state index in [-0.39, 0.29) is 0 Å². The van der Waals surface area contributed by atoms with Gasteiger partial charge in [-0.15, -0.1) is 0 Å². The molecule has 144 valence electrons. The molecule has 2 aromatic rings. The number of fused-ring (bicyclic) bond motifs is 1. The lowest BCUT2D eigenvalue weighted by Gasteiger charge is -2.38. The van der Waals surface area contributed by atoms with Gasteiger partial charge in [0.25, 0.3) is 0 Å². The molecule has 0 amide bonds. The molecule has 27 heavy (non-hydrogen) atoms. The Morgan fingerprint density at radius 2 is 1.85 bits per heavy atom. The van der Waals surface area contributed by atoms with Crippen LogP contribution >= 0.6 is 0 Å². The van der Waals surface area contributed by atoms with E-state index in [4.69, 9.17) is 4.74 Å². The summed E-state index contributed by atoms with van der Waals surface area (Å²) in [5.41, 5.74) is 3.36. The number of rotatable bonds is 5. The average molecular weight is 369 g/mol. The second-order valence-electron chi connectivity index (χ2n) is 7.26. The van der Waals surface area contributed by atoms with Gasteiger partial charge in [-0.2, -0.15) is 0 Å². The molecule has 7 nitrogen and oxygen atoms in total. The van der Waals surface area contributed by atoms with Gasteiger partial charge in [0.1, 0.15) is 12.0 Å². The van der Waals surface area contributed by atoms with E-state index in [1.807, 2.05) is 0 Å². The lowest BCUT2D eigenvalue weighted by molar-refractivity contribution is 0.197. The van der Waals surface area contributed by atoms with Gasteiger partial charge in [0, 0.05) is 38.6 Å². The van der Waals surface area contributed by atoms with Gasteiger partial charge in [0.2, 0.25) is 5.95 Å². The van der Waals surface area contributed by atoms with Crippen LogP contribution in [0.5, 0.6) is 5.75 Å². The maximum absolute atomic E-state index is 9.36. The zero-order valence-corrected chi connectivity index (χ0v) is 15.9. The lowest BCUT2D eigenvalue weighted by Crippen LogP contribution is -2.47. The number of anilines is 2. The second kappa shape index (κ2) is 7.70. The zero-order chi connectivity index (χ0) is 18.8. The van der Waals surface area contributed by atoms with E-state index >= 15 is 0 Å². The van der Waals surface area contributed by atoms with E-state index in [1.54, 1.807) is 19.3 Å².